The lowest BCUT2D eigenvalue weighted by Gasteiger charge is -2.36. The van der Waals surface area contributed by atoms with E-state index in [9.17, 15) is 9.50 Å². The van der Waals surface area contributed by atoms with Crippen LogP contribution >= 0.6 is 11.3 Å². The van der Waals surface area contributed by atoms with E-state index < -0.39 is 0 Å². The highest BCUT2D eigenvalue weighted by atomic mass is 32.1. The number of thiazole rings is 1. The van der Waals surface area contributed by atoms with Gasteiger partial charge in [-0.3, -0.25) is 4.90 Å². The fraction of sp³-hybridized carbons (Fsp3) is 0.471. The molecule has 1 fully saturated rings. The molecule has 0 saturated carbocycles. The van der Waals surface area contributed by atoms with Gasteiger partial charge in [0.1, 0.15) is 5.82 Å². The molecule has 0 amide bonds. The molecule has 0 spiro atoms. The van der Waals surface area contributed by atoms with E-state index in [1.54, 1.807) is 23.5 Å². The quantitative estimate of drug-likeness (QED) is 0.941. The van der Waals surface area contributed by atoms with Crippen molar-refractivity contribution in [2.24, 2.45) is 5.92 Å². The average molecular weight is 320 g/mol. The predicted octanol–water partition coefficient (Wildman–Crippen LogP) is 3.02. The molecule has 3 rings (SSSR count). The minimum atomic E-state index is -0.356. The van der Waals surface area contributed by atoms with Crippen molar-refractivity contribution in [1.29, 1.82) is 0 Å². The second kappa shape index (κ2) is 6.86. The fourth-order valence-electron chi connectivity index (χ4n) is 3.08. The molecule has 0 bridgehead atoms. The zero-order valence-corrected chi connectivity index (χ0v) is 13.5. The first-order valence-electron chi connectivity index (χ1n) is 7.65. The third kappa shape index (κ3) is 3.72. The number of likely N-dealkylation sites (tertiary alicyclic amines) is 1. The Balaban J connectivity index is 1.57. The molecule has 1 aromatic carbocycles. The monoisotopic (exact) mass is 320 g/mol. The fourth-order valence-corrected chi connectivity index (χ4v) is 3.89. The lowest BCUT2D eigenvalue weighted by Crippen LogP contribution is -2.44. The molecule has 3 nitrogen and oxygen atoms in total. The Hall–Kier alpha value is -1.30. The number of hydrogen-bond donors (Lipinski definition) is 1. The number of aromatic nitrogens is 1. The van der Waals surface area contributed by atoms with Gasteiger partial charge < -0.3 is 5.11 Å². The van der Waals surface area contributed by atoms with Crippen molar-refractivity contribution in [2.75, 3.05) is 13.1 Å². The maximum Gasteiger partial charge on any atom is 0.123 e. The number of halogens is 1. The van der Waals surface area contributed by atoms with Crippen LogP contribution in [0.3, 0.4) is 0 Å². The predicted molar refractivity (Wildman–Crippen MR) is 86.3 cm³/mol. The molecule has 0 aliphatic carbocycles. The summed E-state index contributed by atoms with van der Waals surface area (Å²) in [6.07, 6.45) is 1.33. The second-order valence-electron chi connectivity index (χ2n) is 6.05. The van der Waals surface area contributed by atoms with Gasteiger partial charge in [0, 0.05) is 18.0 Å². The highest BCUT2D eigenvalue weighted by Crippen LogP contribution is 2.25. The number of benzene rings is 1. The van der Waals surface area contributed by atoms with Gasteiger partial charge in [0.25, 0.3) is 0 Å². The van der Waals surface area contributed by atoms with Gasteiger partial charge in [0.05, 0.1) is 17.3 Å². The summed E-state index contributed by atoms with van der Waals surface area (Å²) in [5.74, 6) is 0.00528. The summed E-state index contributed by atoms with van der Waals surface area (Å²) >= 11 is 1.67. The number of aliphatic hydroxyl groups is 1. The standard InChI is InChI=1S/C17H21FN2OS/c1-12-17(22-11-19-12)10-20-6-5-14(16(21)9-20)7-13-3-2-4-15(18)8-13/h2-4,8,11,14,16,21H,5-7,9-10H2,1H3/t14-,16-/m1/s1. The summed E-state index contributed by atoms with van der Waals surface area (Å²) in [5, 5.41) is 10.4. The van der Waals surface area contributed by atoms with Crippen molar-refractivity contribution in [3.63, 3.8) is 0 Å². The Morgan fingerprint density at radius 2 is 2.32 bits per heavy atom. The number of aliphatic hydroxyl groups excluding tert-OH is 1. The van der Waals surface area contributed by atoms with Gasteiger partial charge in [-0.25, -0.2) is 9.37 Å². The van der Waals surface area contributed by atoms with Crippen LogP contribution in [0.2, 0.25) is 0 Å². The van der Waals surface area contributed by atoms with E-state index in [-0.39, 0.29) is 17.8 Å². The minimum absolute atomic E-state index is 0.204. The van der Waals surface area contributed by atoms with E-state index >= 15 is 0 Å². The van der Waals surface area contributed by atoms with Crippen LogP contribution < -0.4 is 0 Å². The van der Waals surface area contributed by atoms with Crippen molar-refractivity contribution >= 4 is 11.3 Å². The van der Waals surface area contributed by atoms with Crippen LogP contribution in [-0.4, -0.2) is 34.2 Å². The van der Waals surface area contributed by atoms with Gasteiger partial charge in [-0.2, -0.15) is 0 Å². The Bertz CT molecular complexity index is 631. The highest BCUT2D eigenvalue weighted by molar-refractivity contribution is 7.09. The van der Waals surface area contributed by atoms with Crippen molar-refractivity contribution in [3.05, 3.63) is 51.7 Å². The SMILES string of the molecule is Cc1ncsc1CN1CC[C@H](Cc2cccc(F)c2)[C@H](O)C1. The van der Waals surface area contributed by atoms with E-state index in [1.165, 1.54) is 10.9 Å². The Morgan fingerprint density at radius 1 is 1.45 bits per heavy atom. The van der Waals surface area contributed by atoms with Crippen LogP contribution in [0.5, 0.6) is 0 Å². The summed E-state index contributed by atoms with van der Waals surface area (Å²) in [6.45, 7) is 4.53. The number of β-amino-alcohol motifs (C(OH)–C–C–N with tert-alkyl or cyclic N) is 1. The van der Waals surface area contributed by atoms with Crippen molar-refractivity contribution < 1.29 is 9.50 Å². The van der Waals surface area contributed by atoms with E-state index in [4.69, 9.17) is 0 Å². The van der Waals surface area contributed by atoms with Gasteiger partial charge in [-0.1, -0.05) is 12.1 Å². The zero-order valence-electron chi connectivity index (χ0n) is 12.7. The maximum atomic E-state index is 13.3. The maximum absolute atomic E-state index is 13.3. The summed E-state index contributed by atoms with van der Waals surface area (Å²) in [4.78, 5) is 7.83. The lowest BCUT2D eigenvalue weighted by atomic mass is 9.88. The molecular formula is C17H21FN2OS. The topological polar surface area (TPSA) is 36.4 Å². The summed E-state index contributed by atoms with van der Waals surface area (Å²) in [5.41, 5.74) is 3.93. The first-order valence-corrected chi connectivity index (χ1v) is 8.53. The average Bonchev–Trinajstić information content (AvgIpc) is 2.87. The molecule has 0 unspecified atom stereocenters. The molecule has 1 N–H and O–H groups in total. The van der Waals surface area contributed by atoms with E-state index in [0.29, 0.717) is 6.54 Å². The van der Waals surface area contributed by atoms with Crippen LogP contribution in [0.25, 0.3) is 0 Å². The van der Waals surface area contributed by atoms with Gasteiger partial charge >= 0.3 is 0 Å². The smallest absolute Gasteiger partial charge is 0.123 e. The Morgan fingerprint density at radius 3 is 3.00 bits per heavy atom. The Labute approximate surface area is 134 Å². The highest BCUT2D eigenvalue weighted by Gasteiger charge is 2.28. The number of rotatable bonds is 4. The van der Waals surface area contributed by atoms with Gasteiger partial charge in [0.15, 0.2) is 0 Å². The first kappa shape index (κ1) is 15.6. The van der Waals surface area contributed by atoms with Crippen LogP contribution in [0.1, 0.15) is 22.6 Å². The molecule has 0 radical (unpaired) electrons. The summed E-state index contributed by atoms with van der Waals surface area (Å²) in [7, 11) is 0. The lowest BCUT2D eigenvalue weighted by molar-refractivity contribution is 0.0190. The van der Waals surface area contributed by atoms with E-state index in [2.05, 4.69) is 9.88 Å². The molecule has 1 aliphatic rings. The van der Waals surface area contributed by atoms with Crippen LogP contribution in [-0.2, 0) is 13.0 Å². The molecule has 2 aromatic rings. The van der Waals surface area contributed by atoms with Crippen molar-refractivity contribution in [3.8, 4) is 0 Å². The van der Waals surface area contributed by atoms with Crippen LogP contribution in [0, 0.1) is 18.7 Å². The van der Waals surface area contributed by atoms with E-state index in [0.717, 1.165) is 37.2 Å². The number of piperidine rings is 1. The molecular weight excluding hydrogens is 299 g/mol. The van der Waals surface area contributed by atoms with Crippen molar-refractivity contribution in [1.82, 2.24) is 9.88 Å². The molecule has 2 heterocycles. The summed E-state index contributed by atoms with van der Waals surface area (Å²) in [6, 6.07) is 6.70. The van der Waals surface area contributed by atoms with Gasteiger partial charge in [0.2, 0.25) is 0 Å². The minimum Gasteiger partial charge on any atom is -0.391 e. The first-order chi connectivity index (χ1) is 10.6. The molecule has 118 valence electrons. The zero-order chi connectivity index (χ0) is 15.5. The van der Waals surface area contributed by atoms with Gasteiger partial charge in [-0.05, 0) is 49.9 Å². The molecule has 1 aliphatic heterocycles. The number of hydrogen-bond acceptors (Lipinski definition) is 4. The number of aryl methyl sites for hydroxylation is 1. The summed E-state index contributed by atoms with van der Waals surface area (Å²) < 4.78 is 13.3. The normalized spacial score (nSPS) is 22.9. The molecule has 1 aromatic heterocycles. The molecule has 1 saturated heterocycles. The Kier molecular flexibility index (Phi) is 4.86. The van der Waals surface area contributed by atoms with Crippen LogP contribution in [0.15, 0.2) is 29.8 Å². The molecule has 5 heteroatoms. The third-order valence-corrected chi connectivity index (χ3v) is 5.32. The molecule has 2 atom stereocenters. The van der Waals surface area contributed by atoms with E-state index in [1.807, 2.05) is 18.5 Å². The number of nitrogens with zero attached hydrogens (tertiary/aromatic N) is 2. The molecule has 22 heavy (non-hydrogen) atoms. The largest absolute Gasteiger partial charge is 0.391 e. The second-order valence-corrected chi connectivity index (χ2v) is 6.99. The van der Waals surface area contributed by atoms with Gasteiger partial charge in [-0.15, -0.1) is 11.3 Å². The third-order valence-electron chi connectivity index (χ3n) is 4.40. The van der Waals surface area contributed by atoms with Crippen molar-refractivity contribution in [2.45, 2.75) is 32.4 Å². The van der Waals surface area contributed by atoms with Crippen LogP contribution in [0.4, 0.5) is 4.39 Å².